The van der Waals surface area contributed by atoms with Crippen LogP contribution in [0.25, 0.3) is 0 Å². The maximum absolute atomic E-state index is 12.2. The van der Waals surface area contributed by atoms with E-state index in [-0.39, 0.29) is 11.8 Å². The maximum atomic E-state index is 12.2. The molecule has 0 unspecified atom stereocenters. The Morgan fingerprint density at radius 3 is 2.30 bits per heavy atom. The molecule has 0 N–H and O–H groups in total. The van der Waals surface area contributed by atoms with Crippen molar-refractivity contribution < 1.29 is 14.3 Å². The molecule has 0 saturated carbocycles. The Bertz CT molecular complexity index is 738. The van der Waals surface area contributed by atoms with Gasteiger partial charge in [-0.1, -0.05) is 23.7 Å². The molecule has 118 valence electrons. The molecule has 5 heteroatoms. The van der Waals surface area contributed by atoms with Crippen LogP contribution in [-0.4, -0.2) is 29.9 Å². The average Bonchev–Trinajstić information content (AvgIpc) is 2.80. The zero-order valence-electron chi connectivity index (χ0n) is 12.7. The minimum atomic E-state index is -0.229. The van der Waals surface area contributed by atoms with Crippen molar-refractivity contribution in [3.63, 3.8) is 0 Å². The van der Waals surface area contributed by atoms with Crippen LogP contribution < -0.4 is 4.74 Å². The van der Waals surface area contributed by atoms with Crippen LogP contribution in [0.5, 0.6) is 5.75 Å². The highest BCUT2D eigenvalue weighted by Gasteiger charge is 2.34. The van der Waals surface area contributed by atoms with Gasteiger partial charge in [-0.2, -0.15) is 0 Å². The van der Waals surface area contributed by atoms with E-state index in [0.717, 1.165) is 11.3 Å². The number of benzene rings is 2. The number of ether oxygens (including phenoxy) is 1. The SMILES string of the molecule is Cc1cc(OCCCN2C(=O)c3ccccc3C2=O)ccc1Cl. The quantitative estimate of drug-likeness (QED) is 0.620. The van der Waals surface area contributed by atoms with E-state index >= 15 is 0 Å². The molecule has 0 fully saturated rings. The standard InChI is InChI=1S/C18H16ClNO3/c1-12-11-13(7-8-16(12)19)23-10-4-9-20-17(21)14-5-2-3-6-15(14)18(20)22/h2-3,5-8,11H,4,9-10H2,1H3. The second-order valence-electron chi connectivity index (χ2n) is 5.42. The third kappa shape index (κ3) is 3.08. The number of carbonyl (C=O) groups excluding carboxylic acids is 2. The normalized spacial score (nSPS) is 13.4. The summed E-state index contributed by atoms with van der Waals surface area (Å²) in [5, 5.41) is 0.698. The summed E-state index contributed by atoms with van der Waals surface area (Å²) in [6, 6.07) is 12.3. The van der Waals surface area contributed by atoms with Crippen LogP contribution in [0.3, 0.4) is 0 Å². The third-order valence-electron chi connectivity index (χ3n) is 3.80. The number of nitrogens with zero attached hydrogens (tertiary/aromatic N) is 1. The molecule has 1 aliphatic rings. The second-order valence-corrected chi connectivity index (χ2v) is 5.83. The summed E-state index contributed by atoms with van der Waals surface area (Å²) >= 11 is 5.97. The highest BCUT2D eigenvalue weighted by Crippen LogP contribution is 2.23. The van der Waals surface area contributed by atoms with Gasteiger partial charge in [-0.15, -0.1) is 0 Å². The fourth-order valence-corrected chi connectivity index (χ4v) is 2.68. The first-order valence-electron chi connectivity index (χ1n) is 7.42. The molecule has 0 spiro atoms. The summed E-state index contributed by atoms with van der Waals surface area (Å²) in [4.78, 5) is 25.7. The number of imide groups is 1. The van der Waals surface area contributed by atoms with Gasteiger partial charge in [0.25, 0.3) is 11.8 Å². The van der Waals surface area contributed by atoms with Gasteiger partial charge in [0, 0.05) is 11.6 Å². The number of carbonyl (C=O) groups is 2. The third-order valence-corrected chi connectivity index (χ3v) is 4.23. The topological polar surface area (TPSA) is 46.6 Å². The molecule has 2 aromatic carbocycles. The summed E-state index contributed by atoms with van der Waals surface area (Å²) < 4.78 is 5.64. The average molecular weight is 330 g/mol. The molecule has 2 aromatic rings. The Labute approximate surface area is 139 Å². The van der Waals surface area contributed by atoms with Gasteiger partial charge >= 0.3 is 0 Å². The number of hydrogen-bond acceptors (Lipinski definition) is 3. The molecule has 3 rings (SSSR count). The summed E-state index contributed by atoms with van der Waals surface area (Å²) in [6.45, 7) is 2.68. The minimum absolute atomic E-state index is 0.229. The molecule has 0 atom stereocenters. The Morgan fingerprint density at radius 2 is 1.70 bits per heavy atom. The summed E-state index contributed by atoms with van der Waals surface area (Å²) in [5.74, 6) is 0.273. The molecule has 0 bridgehead atoms. The van der Waals surface area contributed by atoms with Gasteiger partial charge in [0.1, 0.15) is 5.75 Å². The van der Waals surface area contributed by atoms with Gasteiger partial charge < -0.3 is 4.74 Å². The Hall–Kier alpha value is -2.33. The van der Waals surface area contributed by atoms with Crippen LogP contribution in [0.1, 0.15) is 32.7 Å². The van der Waals surface area contributed by atoms with Crippen molar-refractivity contribution >= 4 is 23.4 Å². The van der Waals surface area contributed by atoms with E-state index in [2.05, 4.69) is 0 Å². The van der Waals surface area contributed by atoms with Crippen LogP contribution in [0.4, 0.5) is 0 Å². The van der Waals surface area contributed by atoms with Gasteiger partial charge in [0.2, 0.25) is 0 Å². The van der Waals surface area contributed by atoms with E-state index in [1.807, 2.05) is 13.0 Å². The van der Waals surface area contributed by atoms with Gasteiger partial charge in [0.05, 0.1) is 17.7 Å². The molecule has 0 radical (unpaired) electrons. The maximum Gasteiger partial charge on any atom is 0.261 e. The van der Waals surface area contributed by atoms with E-state index in [0.29, 0.717) is 35.7 Å². The Balaban J connectivity index is 1.55. The lowest BCUT2D eigenvalue weighted by molar-refractivity contribution is 0.0647. The molecule has 4 nitrogen and oxygen atoms in total. The first-order chi connectivity index (χ1) is 11.1. The predicted molar refractivity (Wildman–Crippen MR) is 88.1 cm³/mol. The minimum Gasteiger partial charge on any atom is -0.494 e. The number of amides is 2. The van der Waals surface area contributed by atoms with Crippen LogP contribution >= 0.6 is 11.6 Å². The monoisotopic (exact) mass is 329 g/mol. The first-order valence-corrected chi connectivity index (χ1v) is 7.80. The van der Waals surface area contributed by atoms with Crippen molar-refractivity contribution in [3.05, 3.63) is 64.2 Å². The zero-order valence-corrected chi connectivity index (χ0v) is 13.5. The number of aryl methyl sites for hydroxylation is 1. The van der Waals surface area contributed by atoms with Gasteiger partial charge in [-0.05, 0) is 49.2 Å². The van der Waals surface area contributed by atoms with E-state index < -0.39 is 0 Å². The van der Waals surface area contributed by atoms with Gasteiger partial charge in [-0.25, -0.2) is 0 Å². The number of rotatable bonds is 5. The Kier molecular flexibility index (Phi) is 4.35. The summed E-state index contributed by atoms with van der Waals surface area (Å²) in [5.41, 5.74) is 1.91. The van der Waals surface area contributed by atoms with Crippen molar-refractivity contribution in [3.8, 4) is 5.75 Å². The zero-order chi connectivity index (χ0) is 16.4. The second kappa shape index (κ2) is 6.42. The molecule has 1 heterocycles. The summed E-state index contributed by atoms with van der Waals surface area (Å²) in [6.07, 6.45) is 0.577. The molecular weight excluding hydrogens is 314 g/mol. The van der Waals surface area contributed by atoms with Gasteiger partial charge in [-0.3, -0.25) is 14.5 Å². The number of halogens is 1. The van der Waals surface area contributed by atoms with E-state index in [1.54, 1.807) is 36.4 Å². The van der Waals surface area contributed by atoms with Gasteiger partial charge in [0.15, 0.2) is 0 Å². The number of hydrogen-bond donors (Lipinski definition) is 0. The molecule has 0 aliphatic carbocycles. The lowest BCUT2D eigenvalue weighted by Crippen LogP contribution is -2.31. The van der Waals surface area contributed by atoms with E-state index in [1.165, 1.54) is 4.90 Å². The van der Waals surface area contributed by atoms with Crippen LogP contribution in [0, 0.1) is 6.92 Å². The van der Waals surface area contributed by atoms with Crippen molar-refractivity contribution in [2.45, 2.75) is 13.3 Å². The molecule has 23 heavy (non-hydrogen) atoms. The molecular formula is C18H16ClNO3. The smallest absolute Gasteiger partial charge is 0.261 e. The van der Waals surface area contributed by atoms with E-state index in [4.69, 9.17) is 16.3 Å². The van der Waals surface area contributed by atoms with Crippen molar-refractivity contribution in [2.75, 3.05) is 13.2 Å². The molecule has 0 aromatic heterocycles. The first kappa shape index (κ1) is 15.6. The highest BCUT2D eigenvalue weighted by atomic mass is 35.5. The van der Waals surface area contributed by atoms with Crippen molar-refractivity contribution in [1.29, 1.82) is 0 Å². The fourth-order valence-electron chi connectivity index (χ4n) is 2.56. The number of fused-ring (bicyclic) bond motifs is 1. The summed E-state index contributed by atoms with van der Waals surface area (Å²) in [7, 11) is 0. The largest absolute Gasteiger partial charge is 0.494 e. The molecule has 2 amide bonds. The molecule has 1 aliphatic heterocycles. The lowest BCUT2D eigenvalue weighted by atomic mass is 10.1. The highest BCUT2D eigenvalue weighted by molar-refractivity contribution is 6.31. The Morgan fingerprint density at radius 1 is 1.04 bits per heavy atom. The van der Waals surface area contributed by atoms with Crippen molar-refractivity contribution in [1.82, 2.24) is 4.90 Å². The van der Waals surface area contributed by atoms with Crippen LogP contribution in [0.15, 0.2) is 42.5 Å². The lowest BCUT2D eigenvalue weighted by Gasteiger charge is -2.14. The van der Waals surface area contributed by atoms with E-state index in [9.17, 15) is 9.59 Å². The van der Waals surface area contributed by atoms with Crippen molar-refractivity contribution in [2.24, 2.45) is 0 Å². The fraction of sp³-hybridized carbons (Fsp3) is 0.222. The van der Waals surface area contributed by atoms with Crippen LogP contribution in [0.2, 0.25) is 5.02 Å². The molecule has 0 saturated heterocycles. The predicted octanol–water partition coefficient (Wildman–Crippen LogP) is 3.71. The van der Waals surface area contributed by atoms with Crippen LogP contribution in [-0.2, 0) is 0 Å².